The van der Waals surface area contributed by atoms with E-state index >= 15 is 0 Å². The molecule has 0 N–H and O–H groups in total. The van der Waals surface area contributed by atoms with Crippen molar-refractivity contribution in [2.75, 3.05) is 0 Å². The van der Waals surface area contributed by atoms with E-state index in [2.05, 4.69) is 235 Å². The molecule has 0 saturated carbocycles. The summed E-state index contributed by atoms with van der Waals surface area (Å²) in [4.78, 5) is 11.9. The Balaban J connectivity index is 0.982. The van der Waals surface area contributed by atoms with Crippen LogP contribution in [0.5, 0.6) is 0 Å². The summed E-state index contributed by atoms with van der Waals surface area (Å²) in [5.74, 6) is 0. The Hall–Kier alpha value is 5.04. The number of hydrogen-bond acceptors (Lipinski definition) is 0. The minimum absolute atomic E-state index is 0.0440. The molecule has 0 amide bonds. The summed E-state index contributed by atoms with van der Waals surface area (Å²) in [5, 5.41) is 120. The molecular weight excluding hydrogens is 2330 g/mol. The van der Waals surface area contributed by atoms with Gasteiger partial charge in [-0.3, -0.25) is 0 Å². The quantitative estimate of drug-likeness (QED) is 0.106. The second-order valence-electron chi connectivity index (χ2n) is 43.5. The summed E-state index contributed by atoms with van der Waals surface area (Å²) < 4.78 is 0. The Kier molecular flexibility index (Phi) is 6.40. The molecular formula is C58Si58. The first-order valence-corrected chi connectivity index (χ1v) is 216. The van der Waals surface area contributed by atoms with Crippen LogP contribution in [0.4, 0.5) is 0 Å². The SMILES string of the molecule is c12c3c4c5c6c1c1c7c2c2c8c3c3c4c4c9c5c5c6c6c1c1c%10c7c7c2c2c8c8c3c3c4c4c9c9c5c5c6c1c1c6c%10c7c7c2c2c8c3c3c4c4c9c5c1[si]1[si]5[si]8[si]4[si]4[si]9[si]%10c3c2c7c6[si]2[si]3[si]%10[si]6[si]7[si]9[si]9[si]%10[si]4[si]4[si]8[si]8[si]5[si]5[si]%11[si]1[si]2[si]1[si]2[si]3[si]6[si]3[si]6[si]2[si]2[si]1[si]%11[si]1[si]5[si]5[si]8[si]8[si]4[si]%10[si]4[si]%10[si]9[si]7[si]3[si]3[si]6[si]6[si]2[si]1[si]1[si]5[si]8[si]4[si]([si]%103)[si]16. The lowest BCUT2D eigenvalue weighted by molar-refractivity contribution is 2.19. The van der Waals surface area contributed by atoms with Crippen LogP contribution in [-0.4, -0.2) is 391 Å². The second-order valence-corrected chi connectivity index (χ2v) is 593. The van der Waals surface area contributed by atoms with Gasteiger partial charge in [-0.05, 0) is 311 Å². The first kappa shape index (κ1) is 54.4. The third-order valence-electron chi connectivity index (χ3n) is 43.5. The van der Waals surface area contributed by atoms with Crippen LogP contribution in [0.1, 0.15) is 0 Å². The van der Waals surface area contributed by atoms with Crippen LogP contribution in [0.25, 0.3) is 311 Å². The summed E-state index contributed by atoms with van der Waals surface area (Å²) in [6.45, 7) is 20.2. The predicted octanol–water partition coefficient (Wildman–Crippen LogP) is -4.95. The van der Waals surface area contributed by atoms with E-state index in [9.17, 15) is 0 Å². The highest BCUT2D eigenvalue weighted by atomic mass is 30.6. The standard InChI is InChI=1S/C58Si58/c1-2-5-9-7-3(1)11-12-4(1)8-10-6(2)14-13(5)21-27-17(9)23-15(7)25-19(11)29-30-20(12)26-16(8)24-18(10)28-22(14)32-31(21)41-35(27)45-37(23)43-33(25)39(29)47-48-40(30)34(26)44-38(24)46-36(28)42(32)50-49(41)57-53(45)51(43)55(47)59-63-65-61(57)69-70-62-58(50)54(46)52(44)56(48)60-64-66(62)74-80-72(64)82-76-68(60)67(59)75-81-71(63)79-73(65)83-77(69)87-88-78(70)84(74)92-98(88)106-105-97(87)91(83)101-93(79)99-89(81)95-85(75)86(76)96-90(82)100-94(80)102(92)110-108(100)112-104(96)103(95)111-107(99)109(101)113(105)116(114(106)110)115(111)112. The fourth-order valence-corrected chi connectivity index (χ4v) is 4940. The van der Waals surface area contributed by atoms with Gasteiger partial charge in [-0.1, -0.05) is 0 Å². The van der Waals surface area contributed by atoms with Crippen LogP contribution in [0, 0.1) is 0 Å². The Morgan fingerprint density at radius 3 is 0.172 bits per heavy atom. The Morgan fingerprint density at radius 1 is 0.0517 bits per heavy atom. The highest BCUT2D eigenvalue weighted by Crippen LogP contribution is 2.78. The van der Waals surface area contributed by atoms with E-state index in [1.807, 2.05) is 75.4 Å². The van der Waals surface area contributed by atoms with Crippen molar-refractivity contribution in [1.82, 2.24) is 0 Å². The molecule has 60 aromatic rings. The molecule has 0 aliphatic carbocycles. The van der Waals surface area contributed by atoms with Gasteiger partial charge in [0.15, 0.2) is 0 Å². The van der Waals surface area contributed by atoms with Crippen molar-refractivity contribution in [3.05, 3.63) is 0 Å². The second kappa shape index (κ2) is 13.6. The van der Waals surface area contributed by atoms with Crippen LogP contribution >= 0.6 is 0 Å². The van der Waals surface area contributed by atoms with Gasteiger partial charge < -0.3 is 0 Å². The maximum atomic E-state index is 2.98. The normalized spacial score (nSPS) is 18.0. The van der Waals surface area contributed by atoms with E-state index in [1.54, 1.807) is 0 Å². The summed E-state index contributed by atoms with van der Waals surface area (Å²) in [6.07, 6.45) is 0. The average Bonchev–Trinajstić information content (AvgIpc) is 1.39. The van der Waals surface area contributed by atoms with Gasteiger partial charge in [0, 0.05) is 391 Å². The number of benzene rings is 18. The maximum absolute atomic E-state index is 2.98. The molecule has 0 radical (unpaired) electrons. The van der Waals surface area contributed by atoms with Crippen LogP contribution in [0.2, 0.25) is 0 Å². The van der Waals surface area contributed by atoms with E-state index in [0.717, 1.165) is 0 Å². The zero-order valence-corrected chi connectivity index (χ0v) is 116. The molecule has 0 spiro atoms. The molecule has 32 heterocycles. The average molecular weight is 2330 g/mol. The fraction of sp³-hybridized carbons (Fsp3) is 0. The van der Waals surface area contributed by atoms with Gasteiger partial charge in [-0.25, -0.2) is 0 Å². The number of hydrogen-bond donors (Lipinski definition) is 0. The van der Waals surface area contributed by atoms with Crippen molar-refractivity contribution in [2.45, 2.75) is 0 Å². The van der Waals surface area contributed by atoms with Gasteiger partial charge in [0.25, 0.3) is 0 Å². The summed E-state index contributed by atoms with van der Waals surface area (Å²) in [5.41, 5.74) is 0. The van der Waals surface area contributed by atoms with Crippen molar-refractivity contribution < 1.29 is 0 Å². The van der Waals surface area contributed by atoms with Gasteiger partial charge in [0.1, 0.15) is 0 Å². The first-order valence-electron chi connectivity index (χ1n) is 43.5. The maximum Gasteiger partial charge on any atom is 0.0306 e. The molecule has 28 aromatic carbocycles. The third kappa shape index (κ3) is 3.37. The molecule has 0 aliphatic rings. The van der Waals surface area contributed by atoms with Gasteiger partial charge in [-0.15, -0.1) is 0 Å². The lowest BCUT2D eigenvalue weighted by Gasteiger charge is -2.26. The van der Waals surface area contributed by atoms with Crippen molar-refractivity contribution in [3.8, 4) is 0 Å². The van der Waals surface area contributed by atoms with Crippen LogP contribution < -0.4 is 0 Å². The minimum Gasteiger partial charge on any atom is -0.0301 e. The summed E-state index contributed by atoms with van der Waals surface area (Å²) >= 11 is 0. The fourth-order valence-electron chi connectivity index (χ4n) is 43.5. The topological polar surface area (TPSA) is 0 Å². The third-order valence-corrected chi connectivity index (χ3v) is 1700. The summed E-state index contributed by atoms with van der Waals surface area (Å²) in [7, 11) is -1.53. The van der Waals surface area contributed by atoms with E-state index < -0.39 is 0 Å². The Bertz CT molecular complexity index is 13300. The molecule has 0 unspecified atom stereocenters. The number of rotatable bonds is 0. The minimum atomic E-state index is -0.383. The Labute approximate surface area is 688 Å². The van der Waals surface area contributed by atoms with Crippen LogP contribution in [0.15, 0.2) is 0 Å². The van der Waals surface area contributed by atoms with E-state index in [0.29, 0.717) is 255 Å². The molecule has 0 fully saturated rings. The highest BCUT2D eigenvalue weighted by Gasteiger charge is 2.56. The summed E-state index contributed by atoms with van der Waals surface area (Å²) in [6, 6.07) is 0. The van der Waals surface area contributed by atoms with Gasteiger partial charge >= 0.3 is 0 Å². The van der Waals surface area contributed by atoms with Crippen LogP contribution in [-0.2, 0) is 0 Å². The molecule has 60 rings (SSSR count). The molecule has 464 valence electrons. The van der Waals surface area contributed by atoms with E-state index in [-0.39, 0.29) is 136 Å². The molecule has 0 aliphatic heterocycles. The molecule has 32 aromatic heterocycles. The molecule has 116 heavy (non-hydrogen) atoms. The zero-order valence-electron chi connectivity index (χ0n) is 58.0. The van der Waals surface area contributed by atoms with Crippen molar-refractivity contribution in [2.24, 2.45) is 0 Å². The van der Waals surface area contributed by atoms with Crippen molar-refractivity contribution in [1.29, 1.82) is 0 Å². The van der Waals surface area contributed by atoms with Crippen molar-refractivity contribution in [3.63, 3.8) is 0 Å². The molecule has 0 bridgehead atoms. The predicted molar refractivity (Wildman–Crippen MR) is 586 cm³/mol. The van der Waals surface area contributed by atoms with Gasteiger partial charge in [0.05, 0.1) is 0 Å². The van der Waals surface area contributed by atoms with E-state index in [1.165, 1.54) is 0 Å². The van der Waals surface area contributed by atoms with Gasteiger partial charge in [0.2, 0.25) is 0 Å². The van der Waals surface area contributed by atoms with E-state index in [4.69, 9.17) is 0 Å². The smallest absolute Gasteiger partial charge is 0.0301 e. The molecule has 58 heteroatoms. The molecule has 0 nitrogen and oxygen atoms in total. The first-order chi connectivity index (χ1) is 58.0. The largest absolute Gasteiger partial charge is 0.0306 e. The molecule has 0 atom stereocenters. The Morgan fingerprint density at radius 2 is 0.103 bits per heavy atom. The van der Waals surface area contributed by atoms with Crippen molar-refractivity contribution >= 4 is 701 Å². The van der Waals surface area contributed by atoms with Crippen LogP contribution in [0.3, 0.4) is 0 Å². The lowest BCUT2D eigenvalue weighted by Crippen LogP contribution is -2.55. The zero-order chi connectivity index (χ0) is 67.0. The van der Waals surface area contributed by atoms with Gasteiger partial charge in [-0.2, -0.15) is 0 Å². The monoisotopic (exact) mass is 2320 g/mol. The lowest BCUT2D eigenvalue weighted by atomic mass is 9.87. The highest BCUT2D eigenvalue weighted by molar-refractivity contribution is 8.24. The molecule has 0 saturated heterocycles.